The Balaban J connectivity index is 3.34. The van der Waals surface area contributed by atoms with Crippen molar-refractivity contribution >= 4 is 11.7 Å². The third-order valence-electron chi connectivity index (χ3n) is 2.07. The summed E-state index contributed by atoms with van der Waals surface area (Å²) in [5.41, 5.74) is -0.812. The lowest BCUT2D eigenvalue weighted by Crippen LogP contribution is -2.14. The van der Waals surface area contributed by atoms with E-state index in [0.717, 1.165) is 19.2 Å². The number of benzene rings is 1. The van der Waals surface area contributed by atoms with E-state index in [4.69, 9.17) is 5.26 Å². The summed E-state index contributed by atoms with van der Waals surface area (Å²) in [4.78, 5) is 21.1. The van der Waals surface area contributed by atoms with Crippen LogP contribution in [0.15, 0.2) is 18.2 Å². The van der Waals surface area contributed by atoms with Crippen molar-refractivity contribution in [2.24, 2.45) is 0 Å². The molecule has 0 heterocycles. The highest BCUT2D eigenvalue weighted by Gasteiger charge is 2.29. The predicted octanol–water partition coefficient (Wildman–Crippen LogP) is 1.51. The molecule has 1 rings (SSSR count). The molecule has 1 atom stereocenters. The van der Waals surface area contributed by atoms with Gasteiger partial charge in [-0.2, -0.15) is 5.26 Å². The van der Waals surface area contributed by atoms with Crippen molar-refractivity contribution in [2.75, 3.05) is 7.11 Å². The lowest BCUT2D eigenvalue weighted by molar-refractivity contribution is -0.385. The molecule has 0 saturated carbocycles. The third-order valence-corrected chi connectivity index (χ3v) is 2.07. The van der Waals surface area contributed by atoms with Gasteiger partial charge in [0.2, 0.25) is 0 Å². The van der Waals surface area contributed by atoms with Crippen molar-refractivity contribution in [3.63, 3.8) is 0 Å². The molecule has 0 spiro atoms. The van der Waals surface area contributed by atoms with Crippen LogP contribution in [0.3, 0.4) is 0 Å². The van der Waals surface area contributed by atoms with E-state index < -0.39 is 28.3 Å². The number of hydrogen-bond donors (Lipinski definition) is 0. The molecule has 0 radical (unpaired) electrons. The molecule has 88 valence electrons. The highest BCUT2D eigenvalue weighted by molar-refractivity contribution is 5.82. The Morgan fingerprint density at radius 2 is 2.29 bits per heavy atom. The van der Waals surface area contributed by atoms with Gasteiger partial charge in [0.1, 0.15) is 5.82 Å². The Kier molecular flexibility index (Phi) is 3.72. The summed E-state index contributed by atoms with van der Waals surface area (Å²) in [5, 5.41) is 19.5. The van der Waals surface area contributed by atoms with Crippen LogP contribution in [-0.4, -0.2) is 18.0 Å². The lowest BCUT2D eigenvalue weighted by atomic mass is 9.99. The predicted molar refractivity (Wildman–Crippen MR) is 53.4 cm³/mol. The quantitative estimate of drug-likeness (QED) is 0.452. The Morgan fingerprint density at radius 3 is 2.76 bits per heavy atom. The molecule has 0 saturated heterocycles. The molecule has 6 nitrogen and oxygen atoms in total. The molecule has 0 aliphatic heterocycles. The van der Waals surface area contributed by atoms with Crippen LogP contribution in [0.1, 0.15) is 11.5 Å². The highest BCUT2D eigenvalue weighted by atomic mass is 19.1. The van der Waals surface area contributed by atoms with Gasteiger partial charge in [-0.05, 0) is 12.1 Å². The minimum Gasteiger partial charge on any atom is -0.468 e. The van der Waals surface area contributed by atoms with Crippen molar-refractivity contribution in [1.82, 2.24) is 0 Å². The van der Waals surface area contributed by atoms with Crippen LogP contribution in [-0.2, 0) is 9.53 Å². The number of nitro benzene ring substituents is 1. The first-order chi connectivity index (χ1) is 8.01. The summed E-state index contributed by atoms with van der Waals surface area (Å²) < 4.78 is 17.2. The molecule has 7 heteroatoms. The van der Waals surface area contributed by atoms with Gasteiger partial charge in [-0.25, -0.2) is 4.39 Å². The largest absolute Gasteiger partial charge is 0.468 e. The van der Waals surface area contributed by atoms with E-state index in [0.29, 0.717) is 6.07 Å². The first kappa shape index (κ1) is 12.6. The monoisotopic (exact) mass is 238 g/mol. The zero-order valence-electron chi connectivity index (χ0n) is 8.71. The molecule has 17 heavy (non-hydrogen) atoms. The molecular weight excluding hydrogens is 231 g/mol. The fourth-order valence-electron chi connectivity index (χ4n) is 1.29. The van der Waals surface area contributed by atoms with Crippen molar-refractivity contribution in [3.8, 4) is 6.07 Å². The number of esters is 1. The van der Waals surface area contributed by atoms with Crippen molar-refractivity contribution < 1.29 is 18.8 Å². The second kappa shape index (κ2) is 5.03. The smallest absolute Gasteiger partial charge is 0.327 e. The van der Waals surface area contributed by atoms with E-state index in [1.807, 2.05) is 0 Å². The molecule has 0 unspecified atom stereocenters. The molecule has 0 aliphatic carbocycles. The topological polar surface area (TPSA) is 93.2 Å². The van der Waals surface area contributed by atoms with Crippen LogP contribution in [0.25, 0.3) is 0 Å². The van der Waals surface area contributed by atoms with Crippen LogP contribution in [0, 0.1) is 27.3 Å². The van der Waals surface area contributed by atoms with Crippen LogP contribution < -0.4 is 0 Å². The average Bonchev–Trinajstić information content (AvgIpc) is 2.31. The third kappa shape index (κ3) is 2.55. The van der Waals surface area contributed by atoms with E-state index in [-0.39, 0.29) is 5.56 Å². The van der Waals surface area contributed by atoms with Crippen LogP contribution in [0.5, 0.6) is 0 Å². The Bertz CT molecular complexity index is 510. The number of rotatable bonds is 3. The maximum atomic E-state index is 12.9. The molecule has 1 aromatic rings. The molecule has 1 aromatic carbocycles. The number of halogens is 1. The van der Waals surface area contributed by atoms with E-state index in [1.54, 1.807) is 6.07 Å². The van der Waals surface area contributed by atoms with Gasteiger partial charge in [-0.15, -0.1) is 0 Å². The summed E-state index contributed by atoms with van der Waals surface area (Å²) in [6.45, 7) is 0. The number of nitriles is 1. The standard InChI is InChI=1S/C10H7FN2O4/c1-17-10(14)8(5-12)7-3-2-6(11)4-9(7)13(15)16/h2-4,8H,1H3/t8-/m1/s1. The first-order valence-corrected chi connectivity index (χ1v) is 4.42. The van der Waals surface area contributed by atoms with Gasteiger partial charge >= 0.3 is 5.97 Å². The molecule has 0 N–H and O–H groups in total. The van der Waals surface area contributed by atoms with Gasteiger partial charge in [-0.3, -0.25) is 14.9 Å². The second-order valence-corrected chi connectivity index (χ2v) is 3.05. The molecule has 0 bridgehead atoms. The van der Waals surface area contributed by atoms with Crippen LogP contribution >= 0.6 is 0 Å². The number of nitrogens with zero attached hydrogens (tertiary/aromatic N) is 2. The number of carbonyl (C=O) groups excluding carboxylic acids is 1. The van der Waals surface area contributed by atoms with Crippen molar-refractivity contribution in [3.05, 3.63) is 39.7 Å². The summed E-state index contributed by atoms with van der Waals surface area (Å²) in [6, 6.07) is 4.20. The second-order valence-electron chi connectivity index (χ2n) is 3.05. The van der Waals surface area contributed by atoms with Crippen LogP contribution in [0.4, 0.5) is 10.1 Å². The normalized spacial score (nSPS) is 11.4. The number of hydrogen-bond acceptors (Lipinski definition) is 5. The SMILES string of the molecule is COC(=O)[C@H](C#N)c1ccc(F)cc1[N+](=O)[O-]. The number of nitro groups is 1. The van der Waals surface area contributed by atoms with Gasteiger partial charge in [0.15, 0.2) is 5.92 Å². The zero-order valence-corrected chi connectivity index (χ0v) is 8.71. The van der Waals surface area contributed by atoms with Gasteiger partial charge in [-0.1, -0.05) is 0 Å². The maximum absolute atomic E-state index is 12.9. The average molecular weight is 238 g/mol. The fourth-order valence-corrected chi connectivity index (χ4v) is 1.29. The molecule has 0 amide bonds. The zero-order chi connectivity index (χ0) is 13.0. The lowest BCUT2D eigenvalue weighted by Gasteiger charge is -2.07. The van der Waals surface area contributed by atoms with Crippen LogP contribution in [0.2, 0.25) is 0 Å². The van der Waals surface area contributed by atoms with Gasteiger partial charge in [0.25, 0.3) is 5.69 Å². The number of ether oxygens (including phenoxy) is 1. The van der Waals surface area contributed by atoms with Crippen molar-refractivity contribution in [1.29, 1.82) is 5.26 Å². The maximum Gasteiger partial charge on any atom is 0.327 e. The Morgan fingerprint density at radius 1 is 1.65 bits per heavy atom. The van der Waals surface area contributed by atoms with Gasteiger partial charge < -0.3 is 4.74 Å². The summed E-state index contributed by atoms with van der Waals surface area (Å²) in [6.07, 6.45) is 0. The first-order valence-electron chi connectivity index (χ1n) is 4.42. The minimum absolute atomic E-state index is 0.189. The summed E-state index contributed by atoms with van der Waals surface area (Å²) in [5.74, 6) is -3.19. The van der Waals surface area contributed by atoms with E-state index in [9.17, 15) is 19.3 Å². The Hall–Kier alpha value is -2.49. The van der Waals surface area contributed by atoms with Gasteiger partial charge in [0.05, 0.1) is 29.7 Å². The molecule has 0 aromatic heterocycles. The fraction of sp³-hybridized carbons (Fsp3) is 0.200. The van der Waals surface area contributed by atoms with E-state index in [1.165, 1.54) is 0 Å². The minimum atomic E-state index is -1.44. The molecule has 0 aliphatic rings. The highest BCUT2D eigenvalue weighted by Crippen LogP contribution is 2.27. The molecular formula is C10H7FN2O4. The summed E-state index contributed by atoms with van der Waals surface area (Å²) in [7, 11) is 1.06. The number of methoxy groups -OCH3 is 1. The summed E-state index contributed by atoms with van der Waals surface area (Å²) >= 11 is 0. The Labute approximate surface area is 95.4 Å². The van der Waals surface area contributed by atoms with Gasteiger partial charge in [0, 0.05) is 0 Å². The van der Waals surface area contributed by atoms with Crippen molar-refractivity contribution in [2.45, 2.75) is 5.92 Å². The molecule has 0 fully saturated rings. The number of carbonyl (C=O) groups is 1. The van der Waals surface area contributed by atoms with E-state index in [2.05, 4.69) is 4.74 Å². The van der Waals surface area contributed by atoms with E-state index >= 15 is 0 Å².